The predicted molar refractivity (Wildman–Crippen MR) is 74.2 cm³/mol. The minimum absolute atomic E-state index is 0.0990. The summed E-state index contributed by atoms with van der Waals surface area (Å²) in [5.41, 5.74) is 2.15. The van der Waals surface area contributed by atoms with E-state index in [-0.39, 0.29) is 12.6 Å². The van der Waals surface area contributed by atoms with Crippen molar-refractivity contribution in [1.82, 2.24) is 14.8 Å². The van der Waals surface area contributed by atoms with Crippen LogP contribution in [0.3, 0.4) is 0 Å². The van der Waals surface area contributed by atoms with Crippen LogP contribution in [-0.2, 0) is 6.61 Å². The summed E-state index contributed by atoms with van der Waals surface area (Å²) < 4.78 is 3.01. The van der Waals surface area contributed by atoms with Gasteiger partial charge in [0.2, 0.25) is 0 Å². The Hall–Kier alpha value is -1.20. The highest BCUT2D eigenvalue weighted by atomic mass is 79.9. The van der Waals surface area contributed by atoms with Crippen molar-refractivity contribution in [2.24, 2.45) is 0 Å². The molecule has 4 nitrogen and oxygen atoms in total. The number of nitrogens with zero attached hydrogens (tertiary/aromatic N) is 3. The van der Waals surface area contributed by atoms with Gasteiger partial charge in [-0.25, -0.2) is 0 Å². The van der Waals surface area contributed by atoms with Gasteiger partial charge in [-0.1, -0.05) is 28.1 Å². The molecule has 2 aromatic rings. The summed E-state index contributed by atoms with van der Waals surface area (Å²) in [6.45, 7) is 6.05. The number of aromatic nitrogens is 3. The molecule has 0 spiro atoms. The lowest BCUT2D eigenvalue weighted by molar-refractivity contribution is 0.262. The van der Waals surface area contributed by atoms with Crippen molar-refractivity contribution < 1.29 is 5.11 Å². The van der Waals surface area contributed by atoms with E-state index in [9.17, 15) is 5.11 Å². The molecule has 0 aliphatic carbocycles. The Bertz CT molecular complexity index is 563. The molecule has 0 bridgehead atoms. The van der Waals surface area contributed by atoms with Crippen molar-refractivity contribution in [2.75, 3.05) is 0 Å². The molecule has 96 valence electrons. The van der Waals surface area contributed by atoms with Crippen molar-refractivity contribution >= 4 is 15.9 Å². The first-order valence-corrected chi connectivity index (χ1v) is 6.65. The van der Waals surface area contributed by atoms with E-state index >= 15 is 0 Å². The highest BCUT2D eigenvalue weighted by Gasteiger charge is 2.17. The molecule has 1 heterocycles. The summed E-state index contributed by atoms with van der Waals surface area (Å²) >= 11 is 3.52. The lowest BCUT2D eigenvalue weighted by atomic mass is 10.1. The molecule has 2 rings (SSSR count). The second kappa shape index (κ2) is 5.20. The topological polar surface area (TPSA) is 50.9 Å². The molecule has 0 amide bonds. The Balaban J connectivity index is 2.64. The van der Waals surface area contributed by atoms with Crippen molar-refractivity contribution in [3.05, 3.63) is 34.1 Å². The Morgan fingerprint density at radius 3 is 2.67 bits per heavy atom. The van der Waals surface area contributed by atoms with Crippen LogP contribution in [0.15, 0.2) is 22.7 Å². The van der Waals surface area contributed by atoms with Crippen LogP contribution >= 0.6 is 15.9 Å². The summed E-state index contributed by atoms with van der Waals surface area (Å²) in [5.74, 6) is 1.40. The zero-order valence-electron chi connectivity index (χ0n) is 10.7. The first-order valence-electron chi connectivity index (χ1n) is 5.86. The Kier molecular flexibility index (Phi) is 3.82. The Labute approximate surface area is 115 Å². The smallest absolute Gasteiger partial charge is 0.164 e. The largest absolute Gasteiger partial charge is 0.388 e. The van der Waals surface area contributed by atoms with Crippen LogP contribution in [0.25, 0.3) is 11.4 Å². The number of benzene rings is 1. The van der Waals surface area contributed by atoms with Gasteiger partial charge in [0.05, 0.1) is 0 Å². The van der Waals surface area contributed by atoms with E-state index in [1.54, 1.807) is 0 Å². The number of hydrogen-bond acceptors (Lipinski definition) is 3. The van der Waals surface area contributed by atoms with E-state index in [1.165, 1.54) is 0 Å². The second-order valence-corrected chi connectivity index (χ2v) is 5.33. The van der Waals surface area contributed by atoms with E-state index in [0.29, 0.717) is 5.82 Å². The summed E-state index contributed by atoms with van der Waals surface area (Å²) in [6.07, 6.45) is 0. The molecule has 0 unspecified atom stereocenters. The summed E-state index contributed by atoms with van der Waals surface area (Å²) in [5, 5.41) is 17.6. The summed E-state index contributed by atoms with van der Waals surface area (Å²) in [6, 6.07) is 6.20. The number of rotatable bonds is 3. The molecule has 0 fully saturated rings. The molecular weight excluding hydrogens is 294 g/mol. The van der Waals surface area contributed by atoms with Gasteiger partial charge in [0, 0.05) is 16.1 Å². The fourth-order valence-corrected chi connectivity index (χ4v) is 2.37. The van der Waals surface area contributed by atoms with Gasteiger partial charge >= 0.3 is 0 Å². The first kappa shape index (κ1) is 13.2. The van der Waals surface area contributed by atoms with Gasteiger partial charge in [-0.15, -0.1) is 10.2 Å². The maximum absolute atomic E-state index is 9.32. The van der Waals surface area contributed by atoms with Gasteiger partial charge in [0.15, 0.2) is 11.6 Å². The molecule has 0 saturated heterocycles. The van der Waals surface area contributed by atoms with Crippen LogP contribution in [-0.4, -0.2) is 19.9 Å². The lowest BCUT2D eigenvalue weighted by Crippen LogP contribution is -2.08. The standard InChI is InChI=1S/C13H16BrN3O/c1-8(2)17-12(7-18)15-16-13(17)10-5-4-6-11(14)9(10)3/h4-6,8,18H,7H2,1-3H3. The van der Waals surface area contributed by atoms with Crippen molar-refractivity contribution in [3.8, 4) is 11.4 Å². The third-order valence-electron chi connectivity index (χ3n) is 2.93. The molecule has 0 aliphatic rings. The zero-order chi connectivity index (χ0) is 13.3. The number of aliphatic hydroxyl groups is 1. The third kappa shape index (κ3) is 2.20. The van der Waals surface area contributed by atoms with Crippen LogP contribution in [0.2, 0.25) is 0 Å². The van der Waals surface area contributed by atoms with Crippen LogP contribution in [0.5, 0.6) is 0 Å². The molecule has 0 radical (unpaired) electrons. The quantitative estimate of drug-likeness (QED) is 0.948. The normalized spacial score (nSPS) is 11.2. The predicted octanol–water partition coefficient (Wildman–Crippen LogP) is 3.09. The maximum Gasteiger partial charge on any atom is 0.164 e. The van der Waals surface area contributed by atoms with Gasteiger partial charge in [-0.05, 0) is 32.4 Å². The van der Waals surface area contributed by atoms with Gasteiger partial charge in [-0.3, -0.25) is 0 Å². The van der Waals surface area contributed by atoms with Crippen LogP contribution in [0, 0.1) is 6.92 Å². The number of hydrogen-bond donors (Lipinski definition) is 1. The van der Waals surface area contributed by atoms with Gasteiger partial charge in [0.25, 0.3) is 0 Å². The average molecular weight is 310 g/mol. The number of aliphatic hydroxyl groups excluding tert-OH is 1. The first-order chi connectivity index (χ1) is 8.56. The second-order valence-electron chi connectivity index (χ2n) is 4.47. The molecule has 5 heteroatoms. The van der Waals surface area contributed by atoms with Crippen LogP contribution < -0.4 is 0 Å². The Morgan fingerprint density at radius 2 is 2.06 bits per heavy atom. The Morgan fingerprint density at radius 1 is 1.33 bits per heavy atom. The summed E-state index contributed by atoms with van der Waals surface area (Å²) in [4.78, 5) is 0. The van der Waals surface area contributed by atoms with Crippen molar-refractivity contribution in [1.29, 1.82) is 0 Å². The molecular formula is C13H16BrN3O. The maximum atomic E-state index is 9.32. The lowest BCUT2D eigenvalue weighted by Gasteiger charge is -2.14. The minimum Gasteiger partial charge on any atom is -0.388 e. The highest BCUT2D eigenvalue weighted by Crippen LogP contribution is 2.29. The highest BCUT2D eigenvalue weighted by molar-refractivity contribution is 9.10. The van der Waals surface area contributed by atoms with E-state index in [2.05, 4.69) is 40.0 Å². The van der Waals surface area contributed by atoms with E-state index in [4.69, 9.17) is 0 Å². The molecule has 0 atom stereocenters. The number of halogens is 1. The van der Waals surface area contributed by atoms with Crippen LogP contribution in [0.1, 0.15) is 31.3 Å². The molecule has 0 aliphatic heterocycles. The SMILES string of the molecule is Cc1c(Br)cccc1-c1nnc(CO)n1C(C)C. The molecule has 1 aromatic carbocycles. The van der Waals surface area contributed by atoms with Gasteiger partial charge in [0.1, 0.15) is 6.61 Å². The zero-order valence-corrected chi connectivity index (χ0v) is 12.3. The van der Waals surface area contributed by atoms with E-state index in [0.717, 1.165) is 21.4 Å². The molecule has 0 saturated carbocycles. The van der Waals surface area contributed by atoms with E-state index < -0.39 is 0 Å². The van der Waals surface area contributed by atoms with Gasteiger partial charge < -0.3 is 9.67 Å². The van der Waals surface area contributed by atoms with Crippen molar-refractivity contribution in [2.45, 2.75) is 33.4 Å². The molecule has 1 N–H and O–H groups in total. The molecule has 1 aromatic heterocycles. The minimum atomic E-state index is -0.0990. The third-order valence-corrected chi connectivity index (χ3v) is 3.79. The summed E-state index contributed by atoms with van der Waals surface area (Å²) in [7, 11) is 0. The fraction of sp³-hybridized carbons (Fsp3) is 0.385. The van der Waals surface area contributed by atoms with Gasteiger partial charge in [-0.2, -0.15) is 0 Å². The van der Waals surface area contributed by atoms with E-state index in [1.807, 2.05) is 29.7 Å². The molecule has 18 heavy (non-hydrogen) atoms. The average Bonchev–Trinajstić information content (AvgIpc) is 2.76. The van der Waals surface area contributed by atoms with Crippen molar-refractivity contribution in [3.63, 3.8) is 0 Å². The van der Waals surface area contributed by atoms with Crippen LogP contribution in [0.4, 0.5) is 0 Å². The monoisotopic (exact) mass is 309 g/mol. The fourth-order valence-electron chi connectivity index (χ4n) is 2.01.